The van der Waals surface area contributed by atoms with Crippen molar-refractivity contribution < 1.29 is 4.79 Å². The maximum Gasteiger partial charge on any atom is 0.251 e. The molecule has 0 radical (unpaired) electrons. The molecular weight excluding hydrogens is 258 g/mol. The highest BCUT2D eigenvalue weighted by Gasteiger charge is 2.07. The van der Waals surface area contributed by atoms with E-state index in [2.05, 4.69) is 23.8 Å². The van der Waals surface area contributed by atoms with Gasteiger partial charge in [0.1, 0.15) is 0 Å². The molecule has 0 aliphatic rings. The van der Waals surface area contributed by atoms with E-state index < -0.39 is 0 Å². The second-order valence-corrected chi connectivity index (χ2v) is 5.70. The highest BCUT2D eigenvalue weighted by atomic mass is 32.2. The van der Waals surface area contributed by atoms with Crippen molar-refractivity contribution in [1.29, 1.82) is 0 Å². The zero-order chi connectivity index (χ0) is 14.3. The monoisotopic (exact) mass is 281 g/mol. The molecule has 0 bridgehead atoms. The van der Waals surface area contributed by atoms with E-state index in [0.717, 1.165) is 18.7 Å². The maximum absolute atomic E-state index is 11.8. The van der Waals surface area contributed by atoms with Crippen molar-refractivity contribution in [3.05, 3.63) is 23.8 Å². The molecular formula is C14H23N3OS. The Bertz CT molecular complexity index is 423. The van der Waals surface area contributed by atoms with Gasteiger partial charge in [0.05, 0.1) is 11.4 Å². The Hall–Kier alpha value is -1.36. The number of hydrogen-bond donors (Lipinski definition) is 3. The van der Waals surface area contributed by atoms with Crippen LogP contribution in [-0.4, -0.2) is 30.5 Å². The third-order valence-corrected chi connectivity index (χ3v) is 3.96. The van der Waals surface area contributed by atoms with Gasteiger partial charge in [-0.05, 0) is 37.8 Å². The number of carbonyl (C=O) groups is 1. The summed E-state index contributed by atoms with van der Waals surface area (Å²) in [4.78, 5) is 11.8. The normalized spacial score (nSPS) is 11.9. The van der Waals surface area contributed by atoms with Crippen molar-refractivity contribution >= 4 is 29.0 Å². The highest BCUT2D eigenvalue weighted by molar-refractivity contribution is 7.99. The molecule has 0 saturated carbocycles. The number of nitrogens with two attached hydrogens (primary N) is 1. The first-order valence-corrected chi connectivity index (χ1v) is 7.81. The fraction of sp³-hybridized carbons (Fsp3) is 0.500. The molecule has 5 heteroatoms. The fourth-order valence-corrected chi connectivity index (χ4v) is 1.99. The Morgan fingerprint density at radius 2 is 2.21 bits per heavy atom. The third kappa shape index (κ3) is 5.03. The molecule has 106 valence electrons. The number of hydrogen-bond acceptors (Lipinski definition) is 4. The predicted octanol–water partition coefficient (Wildman–Crippen LogP) is 2.57. The summed E-state index contributed by atoms with van der Waals surface area (Å²) in [5.74, 6) is -0.0666. The summed E-state index contributed by atoms with van der Waals surface area (Å²) >= 11 is 1.84. The summed E-state index contributed by atoms with van der Waals surface area (Å²) < 4.78 is 0. The minimum Gasteiger partial charge on any atom is -0.397 e. The molecule has 1 amide bonds. The number of nitrogens with one attached hydrogen (secondary N) is 2. The van der Waals surface area contributed by atoms with Gasteiger partial charge in [0.25, 0.3) is 5.91 Å². The first-order valence-electron chi connectivity index (χ1n) is 6.52. The largest absolute Gasteiger partial charge is 0.397 e. The van der Waals surface area contributed by atoms with Gasteiger partial charge >= 0.3 is 0 Å². The molecule has 0 saturated heterocycles. The molecule has 0 heterocycles. The minimum atomic E-state index is -0.0666. The number of amides is 1. The van der Waals surface area contributed by atoms with Gasteiger partial charge in [-0.2, -0.15) is 11.8 Å². The van der Waals surface area contributed by atoms with E-state index in [1.165, 1.54) is 0 Å². The SMILES string of the molecule is CCNC(=O)c1ccc(N)c(NCCC(C)SC)c1. The van der Waals surface area contributed by atoms with E-state index in [-0.39, 0.29) is 5.91 Å². The molecule has 4 nitrogen and oxygen atoms in total. The molecule has 1 aromatic carbocycles. The van der Waals surface area contributed by atoms with Gasteiger partial charge in [-0.1, -0.05) is 6.92 Å². The van der Waals surface area contributed by atoms with Gasteiger partial charge in [0.2, 0.25) is 0 Å². The molecule has 0 aliphatic carbocycles. The molecule has 0 fully saturated rings. The lowest BCUT2D eigenvalue weighted by molar-refractivity contribution is 0.0956. The Balaban J connectivity index is 2.66. The Kier molecular flexibility index (Phi) is 6.56. The van der Waals surface area contributed by atoms with E-state index in [1.807, 2.05) is 24.8 Å². The van der Waals surface area contributed by atoms with Gasteiger partial charge in [0, 0.05) is 23.9 Å². The van der Waals surface area contributed by atoms with Crippen LogP contribution in [0.3, 0.4) is 0 Å². The average molecular weight is 281 g/mol. The Morgan fingerprint density at radius 1 is 1.47 bits per heavy atom. The summed E-state index contributed by atoms with van der Waals surface area (Å²) in [6.07, 6.45) is 3.17. The summed E-state index contributed by atoms with van der Waals surface area (Å²) in [6.45, 7) is 5.57. The van der Waals surface area contributed by atoms with Crippen molar-refractivity contribution in [3.63, 3.8) is 0 Å². The van der Waals surface area contributed by atoms with E-state index in [9.17, 15) is 4.79 Å². The smallest absolute Gasteiger partial charge is 0.251 e. The molecule has 1 unspecified atom stereocenters. The summed E-state index contributed by atoms with van der Waals surface area (Å²) in [5.41, 5.74) is 8.05. The van der Waals surface area contributed by atoms with Crippen LogP contribution in [0.15, 0.2) is 18.2 Å². The zero-order valence-corrected chi connectivity index (χ0v) is 12.6. The highest BCUT2D eigenvalue weighted by Crippen LogP contribution is 2.20. The molecule has 4 N–H and O–H groups in total. The molecule has 19 heavy (non-hydrogen) atoms. The van der Waals surface area contributed by atoms with Crippen LogP contribution in [0.2, 0.25) is 0 Å². The quantitative estimate of drug-likeness (QED) is 0.672. The van der Waals surface area contributed by atoms with Crippen LogP contribution >= 0.6 is 11.8 Å². The van der Waals surface area contributed by atoms with Gasteiger partial charge in [-0.25, -0.2) is 0 Å². The number of anilines is 2. The Labute approximate surface area is 119 Å². The number of rotatable bonds is 7. The third-order valence-electron chi connectivity index (χ3n) is 2.92. The number of thioether (sulfide) groups is 1. The lowest BCUT2D eigenvalue weighted by atomic mass is 10.1. The lowest BCUT2D eigenvalue weighted by Gasteiger charge is -2.13. The van der Waals surface area contributed by atoms with Gasteiger partial charge in [-0.15, -0.1) is 0 Å². The van der Waals surface area contributed by atoms with Crippen LogP contribution in [-0.2, 0) is 0 Å². The van der Waals surface area contributed by atoms with Gasteiger partial charge in [-0.3, -0.25) is 4.79 Å². The molecule has 1 rings (SSSR count). The van der Waals surface area contributed by atoms with E-state index in [1.54, 1.807) is 12.1 Å². The van der Waals surface area contributed by atoms with Crippen molar-refractivity contribution in [2.24, 2.45) is 0 Å². The van der Waals surface area contributed by atoms with Crippen LogP contribution in [0.4, 0.5) is 11.4 Å². The van der Waals surface area contributed by atoms with Crippen molar-refractivity contribution in [1.82, 2.24) is 5.32 Å². The van der Waals surface area contributed by atoms with E-state index in [4.69, 9.17) is 5.73 Å². The second kappa shape index (κ2) is 7.94. The predicted molar refractivity (Wildman–Crippen MR) is 84.9 cm³/mol. The zero-order valence-electron chi connectivity index (χ0n) is 11.8. The summed E-state index contributed by atoms with van der Waals surface area (Å²) in [7, 11) is 0. The molecule has 1 atom stereocenters. The van der Waals surface area contributed by atoms with Crippen molar-refractivity contribution in [2.45, 2.75) is 25.5 Å². The first-order chi connectivity index (χ1) is 9.08. The van der Waals surface area contributed by atoms with Crippen molar-refractivity contribution in [3.8, 4) is 0 Å². The molecule has 0 aromatic heterocycles. The molecule has 1 aromatic rings. The summed E-state index contributed by atoms with van der Waals surface area (Å²) in [5, 5.41) is 6.69. The van der Waals surface area contributed by atoms with E-state index >= 15 is 0 Å². The number of benzene rings is 1. The first kappa shape index (κ1) is 15.7. The average Bonchev–Trinajstić information content (AvgIpc) is 2.40. The van der Waals surface area contributed by atoms with Gasteiger partial charge in [0.15, 0.2) is 0 Å². The number of carbonyl (C=O) groups excluding carboxylic acids is 1. The van der Waals surface area contributed by atoms with Crippen LogP contribution < -0.4 is 16.4 Å². The van der Waals surface area contributed by atoms with Gasteiger partial charge < -0.3 is 16.4 Å². The van der Waals surface area contributed by atoms with Crippen LogP contribution in [0.5, 0.6) is 0 Å². The van der Waals surface area contributed by atoms with Crippen molar-refractivity contribution in [2.75, 3.05) is 30.4 Å². The minimum absolute atomic E-state index is 0.0666. The van der Waals surface area contributed by atoms with Crippen LogP contribution in [0.25, 0.3) is 0 Å². The molecule has 0 aliphatic heterocycles. The van der Waals surface area contributed by atoms with Crippen LogP contribution in [0.1, 0.15) is 30.6 Å². The second-order valence-electron chi connectivity index (χ2n) is 4.42. The van der Waals surface area contributed by atoms with E-state index in [0.29, 0.717) is 23.0 Å². The fourth-order valence-electron chi connectivity index (χ4n) is 1.64. The summed E-state index contributed by atoms with van der Waals surface area (Å²) in [6, 6.07) is 5.32. The maximum atomic E-state index is 11.8. The lowest BCUT2D eigenvalue weighted by Crippen LogP contribution is -2.22. The Morgan fingerprint density at radius 3 is 2.84 bits per heavy atom. The standard InChI is InChI=1S/C14H23N3OS/c1-4-16-14(18)11-5-6-12(15)13(9-11)17-8-7-10(2)19-3/h5-6,9-10,17H,4,7-8,15H2,1-3H3,(H,16,18). The van der Waals surface area contributed by atoms with Crippen LogP contribution in [0, 0.1) is 0 Å². The molecule has 0 spiro atoms. The number of nitrogen functional groups attached to an aromatic ring is 1. The topological polar surface area (TPSA) is 67.2 Å².